The Bertz CT molecular complexity index is 601. The van der Waals surface area contributed by atoms with E-state index in [1.54, 1.807) is 6.92 Å². The van der Waals surface area contributed by atoms with Crippen LogP contribution in [0.4, 0.5) is 11.7 Å². The van der Waals surface area contributed by atoms with Gasteiger partial charge in [-0.25, -0.2) is 13.1 Å². The summed E-state index contributed by atoms with van der Waals surface area (Å²) in [7, 11) is -3.69. The van der Waals surface area contributed by atoms with Crippen LogP contribution in [0.2, 0.25) is 0 Å². The smallest absolute Gasteiger partial charge is 0.335 e. The molecule has 16 heavy (non-hydrogen) atoms. The number of hydrogen-bond donors (Lipinski definition) is 2. The molecule has 2 aromatic heterocycles. The van der Waals surface area contributed by atoms with Crippen molar-refractivity contribution in [3.63, 3.8) is 0 Å². The molecule has 0 spiro atoms. The molecular weight excluding hydrogens is 252 g/mol. The first-order valence-electron chi connectivity index (χ1n) is 4.14. The van der Waals surface area contributed by atoms with E-state index in [1.165, 1.54) is 11.4 Å². The molecule has 0 aliphatic rings. The predicted molar refractivity (Wildman–Crippen MR) is 58.6 cm³/mol. The third kappa shape index (κ3) is 2.14. The van der Waals surface area contributed by atoms with Crippen molar-refractivity contribution in [1.82, 2.24) is 10.1 Å². The van der Waals surface area contributed by atoms with Gasteiger partial charge < -0.3 is 10.3 Å². The average molecular weight is 260 g/mol. The lowest BCUT2D eigenvalue weighted by atomic mass is 10.6. The molecule has 7 nitrogen and oxygen atoms in total. The fourth-order valence-corrected chi connectivity index (χ4v) is 2.98. The van der Waals surface area contributed by atoms with Crippen molar-refractivity contribution < 1.29 is 12.9 Å². The molecule has 0 radical (unpaired) electrons. The van der Waals surface area contributed by atoms with Crippen molar-refractivity contribution in [1.29, 1.82) is 0 Å². The Morgan fingerprint density at radius 1 is 1.56 bits per heavy atom. The summed E-state index contributed by atoms with van der Waals surface area (Å²) in [4.78, 5) is 3.73. The minimum Gasteiger partial charge on any atom is -0.398 e. The summed E-state index contributed by atoms with van der Waals surface area (Å²) in [6.07, 6.45) is 0. The second-order valence-electron chi connectivity index (χ2n) is 2.95. The first kappa shape index (κ1) is 10.9. The highest BCUT2D eigenvalue weighted by Crippen LogP contribution is 2.23. The minimum absolute atomic E-state index is 0.0980. The van der Waals surface area contributed by atoms with Crippen LogP contribution in [0.3, 0.4) is 0 Å². The molecule has 3 N–H and O–H groups in total. The zero-order valence-corrected chi connectivity index (χ0v) is 9.80. The van der Waals surface area contributed by atoms with E-state index in [0.29, 0.717) is 11.5 Å². The van der Waals surface area contributed by atoms with Gasteiger partial charge in [0.15, 0.2) is 5.82 Å². The number of anilines is 2. The Balaban J connectivity index is 2.27. The number of nitrogens with one attached hydrogen (secondary N) is 1. The summed E-state index contributed by atoms with van der Waals surface area (Å²) in [5.74, 6) is 0.350. The van der Waals surface area contributed by atoms with E-state index in [0.717, 1.165) is 11.3 Å². The second kappa shape index (κ2) is 3.76. The Labute approximate surface area is 95.3 Å². The first-order valence-corrected chi connectivity index (χ1v) is 6.51. The Morgan fingerprint density at radius 3 is 2.81 bits per heavy atom. The summed E-state index contributed by atoms with van der Waals surface area (Å²) in [5, 5.41) is 5.00. The monoisotopic (exact) mass is 260 g/mol. The van der Waals surface area contributed by atoms with Crippen LogP contribution >= 0.6 is 11.3 Å². The van der Waals surface area contributed by atoms with Gasteiger partial charge in [0.05, 0.1) is 0 Å². The highest BCUT2D eigenvalue weighted by Gasteiger charge is 2.19. The topological polar surface area (TPSA) is 111 Å². The molecule has 0 saturated heterocycles. The number of nitrogens with two attached hydrogens (primary N) is 1. The van der Waals surface area contributed by atoms with Gasteiger partial charge in [-0.1, -0.05) is 5.16 Å². The number of sulfonamides is 1. The number of nitrogens with zero attached hydrogens (tertiary/aromatic N) is 2. The fourth-order valence-electron chi connectivity index (χ4n) is 0.975. The lowest BCUT2D eigenvalue weighted by Gasteiger charge is -1.99. The van der Waals surface area contributed by atoms with E-state index in [2.05, 4.69) is 19.4 Å². The van der Waals surface area contributed by atoms with Gasteiger partial charge in [-0.15, -0.1) is 11.3 Å². The van der Waals surface area contributed by atoms with Gasteiger partial charge in [0.2, 0.25) is 0 Å². The summed E-state index contributed by atoms with van der Waals surface area (Å²) in [5.41, 5.74) is 5.84. The third-order valence-electron chi connectivity index (χ3n) is 1.61. The molecule has 0 aromatic carbocycles. The van der Waals surface area contributed by atoms with Crippen molar-refractivity contribution in [3.05, 3.63) is 17.3 Å². The molecule has 0 saturated carbocycles. The molecule has 0 unspecified atom stereocenters. The van der Waals surface area contributed by atoms with Gasteiger partial charge in [0.1, 0.15) is 4.21 Å². The Hall–Kier alpha value is -1.61. The van der Waals surface area contributed by atoms with Crippen LogP contribution in [0.15, 0.2) is 20.2 Å². The maximum atomic E-state index is 11.7. The van der Waals surface area contributed by atoms with Gasteiger partial charge in [0.25, 0.3) is 10.0 Å². The Morgan fingerprint density at radius 2 is 2.31 bits per heavy atom. The maximum Gasteiger partial charge on any atom is 0.335 e. The van der Waals surface area contributed by atoms with Crippen molar-refractivity contribution in [2.75, 3.05) is 10.5 Å². The van der Waals surface area contributed by atoms with E-state index >= 15 is 0 Å². The van der Waals surface area contributed by atoms with E-state index < -0.39 is 10.0 Å². The minimum atomic E-state index is -3.69. The van der Waals surface area contributed by atoms with Crippen LogP contribution in [-0.4, -0.2) is 18.6 Å². The quantitative estimate of drug-likeness (QED) is 0.845. The van der Waals surface area contributed by atoms with E-state index in [9.17, 15) is 8.42 Å². The molecule has 0 aliphatic heterocycles. The molecule has 9 heteroatoms. The molecule has 0 fully saturated rings. The third-order valence-corrected chi connectivity index (χ3v) is 4.39. The highest BCUT2D eigenvalue weighted by molar-refractivity contribution is 7.94. The second-order valence-corrected chi connectivity index (χ2v) is 5.77. The van der Waals surface area contributed by atoms with Crippen LogP contribution in [0.1, 0.15) is 5.82 Å². The van der Waals surface area contributed by atoms with Gasteiger partial charge >= 0.3 is 6.01 Å². The van der Waals surface area contributed by atoms with Crippen molar-refractivity contribution >= 4 is 33.1 Å². The zero-order chi connectivity index (χ0) is 11.8. The van der Waals surface area contributed by atoms with Crippen LogP contribution in [0.25, 0.3) is 0 Å². The molecule has 86 valence electrons. The van der Waals surface area contributed by atoms with Crippen LogP contribution < -0.4 is 10.5 Å². The molecule has 0 aliphatic carbocycles. The molecule has 2 heterocycles. The van der Waals surface area contributed by atoms with Crippen LogP contribution in [0.5, 0.6) is 0 Å². The van der Waals surface area contributed by atoms with E-state index in [4.69, 9.17) is 5.73 Å². The van der Waals surface area contributed by atoms with E-state index in [1.807, 2.05) is 0 Å². The molecule has 0 atom stereocenters. The standard InChI is InChI=1S/C7H8N4O3S2/c1-4-9-7(14-10-4)11-16(12,13)6-2-5(8)3-15-6/h2-3H,8H2,1H3,(H,9,10,11). The first-order chi connectivity index (χ1) is 7.47. The Kier molecular flexibility index (Phi) is 2.56. The summed E-state index contributed by atoms with van der Waals surface area (Å²) >= 11 is 1.02. The number of rotatable bonds is 3. The number of nitrogen functional groups attached to an aromatic ring is 1. The summed E-state index contributed by atoms with van der Waals surface area (Å²) in [6.45, 7) is 1.59. The van der Waals surface area contributed by atoms with Gasteiger partial charge in [-0.2, -0.15) is 4.98 Å². The van der Waals surface area contributed by atoms with Crippen molar-refractivity contribution in [2.45, 2.75) is 11.1 Å². The molecule has 0 bridgehead atoms. The molecule has 0 amide bonds. The number of aryl methyl sites for hydroxylation is 1. The van der Waals surface area contributed by atoms with Gasteiger partial charge in [0, 0.05) is 11.1 Å². The summed E-state index contributed by atoms with van der Waals surface area (Å²) < 4.78 is 30.4. The van der Waals surface area contributed by atoms with E-state index in [-0.39, 0.29) is 10.2 Å². The van der Waals surface area contributed by atoms with Gasteiger partial charge in [-0.3, -0.25) is 0 Å². The maximum absolute atomic E-state index is 11.7. The number of hydrogen-bond acceptors (Lipinski definition) is 7. The highest BCUT2D eigenvalue weighted by atomic mass is 32.2. The average Bonchev–Trinajstić information content (AvgIpc) is 2.75. The molecular formula is C7H8N4O3S2. The normalized spacial score (nSPS) is 11.6. The van der Waals surface area contributed by atoms with Gasteiger partial charge in [-0.05, 0) is 13.0 Å². The number of thiophene rings is 1. The largest absolute Gasteiger partial charge is 0.398 e. The van der Waals surface area contributed by atoms with Crippen molar-refractivity contribution in [2.24, 2.45) is 0 Å². The fraction of sp³-hybridized carbons (Fsp3) is 0.143. The van der Waals surface area contributed by atoms with Crippen molar-refractivity contribution in [3.8, 4) is 0 Å². The summed E-state index contributed by atoms with van der Waals surface area (Å²) in [6, 6.07) is 1.19. The zero-order valence-electron chi connectivity index (χ0n) is 8.17. The lowest BCUT2D eigenvalue weighted by molar-refractivity contribution is 0.429. The van der Waals surface area contributed by atoms with Crippen LogP contribution in [0, 0.1) is 6.92 Å². The number of aromatic nitrogens is 2. The lowest BCUT2D eigenvalue weighted by Crippen LogP contribution is -2.11. The molecule has 2 rings (SSSR count). The molecule has 2 aromatic rings. The van der Waals surface area contributed by atoms with Crippen LogP contribution in [-0.2, 0) is 10.0 Å². The SMILES string of the molecule is Cc1noc(NS(=O)(=O)c2cc(N)cs2)n1. The predicted octanol–water partition coefficient (Wildman–Crippen LogP) is 0.823.